The van der Waals surface area contributed by atoms with Crippen LogP contribution in [0.1, 0.15) is 6.42 Å². The third kappa shape index (κ3) is 1.96. The second-order valence-electron chi connectivity index (χ2n) is 3.48. The number of hydrogen-bond acceptors (Lipinski definition) is 4. The van der Waals surface area contributed by atoms with Gasteiger partial charge in [-0.25, -0.2) is 8.42 Å². The fraction of sp³-hybridized carbons (Fsp3) is 0.200. The Labute approximate surface area is 92.4 Å². The molecular formula is C10H9NO4S. The molecule has 16 heavy (non-hydrogen) atoms. The summed E-state index contributed by atoms with van der Waals surface area (Å²) in [6.45, 7) is 0. The number of aliphatic carboxylic acids is 1. The lowest BCUT2D eigenvalue weighted by Crippen LogP contribution is -2.22. The zero-order chi connectivity index (χ0) is 11.8. The van der Waals surface area contributed by atoms with Gasteiger partial charge in [-0.2, -0.15) is 0 Å². The van der Waals surface area contributed by atoms with Crippen molar-refractivity contribution < 1.29 is 18.3 Å². The number of nitrogens with zero attached hydrogens (tertiary/aromatic N) is 1. The molecule has 0 atom stereocenters. The molecule has 5 nitrogen and oxygen atoms in total. The molecule has 0 bridgehead atoms. The Kier molecular flexibility index (Phi) is 2.51. The molecule has 0 aromatic heterocycles. The number of sulfone groups is 1. The van der Waals surface area contributed by atoms with Gasteiger partial charge in [-0.05, 0) is 12.1 Å². The number of aliphatic imine (C=N–C) groups is 1. The largest absolute Gasteiger partial charge is 0.481 e. The molecule has 1 heterocycles. The highest BCUT2D eigenvalue weighted by molar-refractivity contribution is 7.92. The van der Waals surface area contributed by atoms with E-state index in [-0.39, 0.29) is 22.8 Å². The maximum absolute atomic E-state index is 11.8. The summed E-state index contributed by atoms with van der Waals surface area (Å²) in [6.07, 6.45) is -0.340. The van der Waals surface area contributed by atoms with Gasteiger partial charge in [-0.15, -0.1) is 0 Å². The van der Waals surface area contributed by atoms with E-state index < -0.39 is 15.8 Å². The molecule has 1 aromatic carbocycles. The molecule has 1 aliphatic rings. The predicted octanol–water partition coefficient (Wildman–Crippen LogP) is 1.02. The van der Waals surface area contributed by atoms with Crippen LogP contribution in [0.2, 0.25) is 0 Å². The van der Waals surface area contributed by atoms with Crippen molar-refractivity contribution in [1.82, 2.24) is 0 Å². The van der Waals surface area contributed by atoms with Gasteiger partial charge in [0.1, 0.15) is 0 Å². The van der Waals surface area contributed by atoms with Gasteiger partial charge in [0, 0.05) is 5.71 Å². The van der Waals surface area contributed by atoms with Gasteiger partial charge in [0.2, 0.25) is 0 Å². The minimum atomic E-state index is -3.43. The lowest BCUT2D eigenvalue weighted by molar-refractivity contribution is -0.135. The van der Waals surface area contributed by atoms with Crippen LogP contribution in [-0.2, 0) is 14.6 Å². The molecule has 0 spiro atoms. The van der Waals surface area contributed by atoms with Crippen LogP contribution in [0.15, 0.2) is 34.2 Å². The predicted molar refractivity (Wildman–Crippen MR) is 57.8 cm³/mol. The first-order valence-electron chi connectivity index (χ1n) is 4.59. The van der Waals surface area contributed by atoms with Crippen molar-refractivity contribution in [1.29, 1.82) is 0 Å². The van der Waals surface area contributed by atoms with E-state index in [0.29, 0.717) is 5.69 Å². The second-order valence-corrected chi connectivity index (χ2v) is 5.43. The summed E-state index contributed by atoms with van der Waals surface area (Å²) in [5, 5.41) is 8.61. The quantitative estimate of drug-likeness (QED) is 0.835. The molecule has 0 radical (unpaired) electrons. The topological polar surface area (TPSA) is 83.8 Å². The Balaban J connectivity index is 2.52. The highest BCUT2D eigenvalue weighted by Crippen LogP contribution is 2.29. The van der Waals surface area contributed by atoms with Crippen LogP contribution in [0.25, 0.3) is 0 Å². The van der Waals surface area contributed by atoms with Crippen LogP contribution in [0.5, 0.6) is 0 Å². The molecule has 1 aliphatic heterocycles. The van der Waals surface area contributed by atoms with Crippen molar-refractivity contribution >= 4 is 27.2 Å². The monoisotopic (exact) mass is 239 g/mol. The summed E-state index contributed by atoms with van der Waals surface area (Å²) in [4.78, 5) is 14.7. The minimum absolute atomic E-state index is 0.170. The molecule has 0 unspecified atom stereocenters. The zero-order valence-electron chi connectivity index (χ0n) is 8.25. The van der Waals surface area contributed by atoms with Crippen LogP contribution < -0.4 is 0 Å². The molecule has 1 N–H and O–H groups in total. The maximum Gasteiger partial charge on any atom is 0.309 e. The van der Waals surface area contributed by atoms with E-state index >= 15 is 0 Å². The summed E-state index contributed by atoms with van der Waals surface area (Å²) in [5.41, 5.74) is 0.496. The fourth-order valence-corrected chi connectivity index (χ4v) is 3.06. The number of hydrogen-bond donors (Lipinski definition) is 1. The summed E-state index contributed by atoms with van der Waals surface area (Å²) < 4.78 is 23.6. The first-order valence-corrected chi connectivity index (χ1v) is 6.24. The average molecular weight is 239 g/mol. The Morgan fingerprint density at radius 1 is 1.38 bits per heavy atom. The van der Waals surface area contributed by atoms with Crippen LogP contribution in [-0.4, -0.2) is 31.0 Å². The van der Waals surface area contributed by atoms with Crippen molar-refractivity contribution in [2.24, 2.45) is 4.99 Å². The Hall–Kier alpha value is -1.69. The number of fused-ring (bicyclic) bond motifs is 1. The zero-order valence-corrected chi connectivity index (χ0v) is 9.07. The fourth-order valence-electron chi connectivity index (χ4n) is 1.58. The summed E-state index contributed by atoms with van der Waals surface area (Å²) >= 11 is 0. The van der Waals surface area contributed by atoms with Crippen molar-refractivity contribution in [2.75, 3.05) is 5.75 Å². The molecule has 0 saturated carbocycles. The van der Waals surface area contributed by atoms with Crippen molar-refractivity contribution in [2.45, 2.75) is 11.3 Å². The SMILES string of the molecule is O=C(O)CC1=Nc2ccccc2S(=O)(=O)C1. The molecule has 0 aliphatic carbocycles. The molecule has 2 rings (SSSR count). The van der Waals surface area contributed by atoms with Crippen molar-refractivity contribution in [3.63, 3.8) is 0 Å². The molecule has 84 valence electrons. The molecule has 6 heteroatoms. The van der Waals surface area contributed by atoms with Gasteiger partial charge in [-0.1, -0.05) is 12.1 Å². The van der Waals surface area contributed by atoms with Crippen LogP contribution in [0.3, 0.4) is 0 Å². The van der Waals surface area contributed by atoms with Gasteiger partial charge >= 0.3 is 5.97 Å². The second kappa shape index (κ2) is 3.71. The number of carbonyl (C=O) groups is 1. The first kappa shape index (κ1) is 10.8. The lowest BCUT2D eigenvalue weighted by Gasteiger charge is -2.14. The number of carboxylic acid groups (broad SMARTS) is 1. The molecule has 0 fully saturated rings. The minimum Gasteiger partial charge on any atom is -0.481 e. The van der Waals surface area contributed by atoms with Crippen LogP contribution in [0.4, 0.5) is 5.69 Å². The molecular weight excluding hydrogens is 230 g/mol. The third-order valence-electron chi connectivity index (χ3n) is 2.19. The average Bonchev–Trinajstić information content (AvgIpc) is 2.15. The number of rotatable bonds is 2. The number of para-hydroxylation sites is 1. The van der Waals surface area contributed by atoms with Crippen molar-refractivity contribution in [3.05, 3.63) is 24.3 Å². The van der Waals surface area contributed by atoms with Gasteiger partial charge in [0.15, 0.2) is 9.84 Å². The molecule has 0 amide bonds. The van der Waals surface area contributed by atoms with E-state index in [1.165, 1.54) is 6.07 Å². The van der Waals surface area contributed by atoms with E-state index in [2.05, 4.69) is 4.99 Å². The maximum atomic E-state index is 11.8. The van der Waals surface area contributed by atoms with Gasteiger partial charge in [0.25, 0.3) is 0 Å². The Morgan fingerprint density at radius 2 is 2.06 bits per heavy atom. The Morgan fingerprint density at radius 3 is 2.75 bits per heavy atom. The Bertz CT molecular complexity index is 574. The summed E-state index contributed by atoms with van der Waals surface area (Å²) in [5.74, 6) is -1.38. The van der Waals surface area contributed by atoms with Gasteiger partial charge < -0.3 is 5.11 Å². The molecule has 1 aromatic rings. The summed E-state index contributed by atoms with van der Waals surface area (Å²) in [7, 11) is -3.43. The first-order chi connectivity index (χ1) is 7.49. The third-order valence-corrected chi connectivity index (χ3v) is 3.92. The normalized spacial score (nSPS) is 17.4. The van der Waals surface area contributed by atoms with Crippen LogP contribution in [0, 0.1) is 0 Å². The van der Waals surface area contributed by atoms with Crippen LogP contribution >= 0.6 is 0 Å². The highest BCUT2D eigenvalue weighted by Gasteiger charge is 2.26. The lowest BCUT2D eigenvalue weighted by atomic mass is 10.2. The van der Waals surface area contributed by atoms with E-state index in [1.54, 1.807) is 18.2 Å². The molecule has 0 saturated heterocycles. The number of benzene rings is 1. The van der Waals surface area contributed by atoms with Crippen molar-refractivity contribution in [3.8, 4) is 0 Å². The van der Waals surface area contributed by atoms with Gasteiger partial charge in [0.05, 0.1) is 22.8 Å². The smallest absolute Gasteiger partial charge is 0.309 e. The van der Waals surface area contributed by atoms with E-state index in [0.717, 1.165) is 0 Å². The summed E-state index contributed by atoms with van der Waals surface area (Å²) in [6, 6.07) is 6.33. The standard InChI is InChI=1S/C10H9NO4S/c12-10(13)5-7-6-16(14,15)9-4-2-1-3-8(9)11-7/h1-4H,5-6H2,(H,12,13). The number of carboxylic acids is 1. The highest BCUT2D eigenvalue weighted by atomic mass is 32.2. The van der Waals surface area contributed by atoms with E-state index in [1.807, 2.05) is 0 Å². The van der Waals surface area contributed by atoms with E-state index in [9.17, 15) is 13.2 Å². The van der Waals surface area contributed by atoms with Gasteiger partial charge in [-0.3, -0.25) is 9.79 Å². The van der Waals surface area contributed by atoms with E-state index in [4.69, 9.17) is 5.11 Å².